The molecule has 4 fully saturated rings. The summed E-state index contributed by atoms with van der Waals surface area (Å²) in [5.74, 6) is 0.790. The lowest BCUT2D eigenvalue weighted by atomic mass is 9.87. The van der Waals surface area contributed by atoms with E-state index in [-0.39, 0.29) is 0 Å². The summed E-state index contributed by atoms with van der Waals surface area (Å²) in [6, 6.07) is 0. The Bertz CT molecular complexity index is 384. The summed E-state index contributed by atoms with van der Waals surface area (Å²) in [5.41, 5.74) is 0.691. The zero-order valence-electron chi connectivity index (χ0n) is 11.6. The van der Waals surface area contributed by atoms with Crippen molar-refractivity contribution in [3.63, 3.8) is 0 Å². The van der Waals surface area contributed by atoms with Gasteiger partial charge in [0, 0.05) is 31.0 Å². The maximum atomic E-state index is 12.7. The standard InChI is InChI=1S/C15H24N2O2/c18-13(12-9-15(12)1-5-16-6-2-15)17-7-3-14(10-17)4-8-19-11-14/h12,16H,1-11H2. The second-order valence-corrected chi connectivity index (χ2v) is 7.18. The Hall–Kier alpha value is -0.610. The number of hydrogen-bond donors (Lipinski definition) is 1. The van der Waals surface area contributed by atoms with Crippen molar-refractivity contribution in [2.45, 2.75) is 32.1 Å². The molecular weight excluding hydrogens is 240 g/mol. The highest BCUT2D eigenvalue weighted by molar-refractivity contribution is 5.83. The van der Waals surface area contributed by atoms with E-state index in [1.165, 1.54) is 12.8 Å². The number of hydrogen-bond acceptors (Lipinski definition) is 3. The van der Waals surface area contributed by atoms with E-state index in [1.807, 2.05) is 0 Å². The molecular formula is C15H24N2O2. The predicted octanol–water partition coefficient (Wildman–Crippen LogP) is 1.02. The van der Waals surface area contributed by atoms with Gasteiger partial charge in [0.2, 0.25) is 5.91 Å². The Labute approximate surface area is 114 Å². The second kappa shape index (κ2) is 4.19. The van der Waals surface area contributed by atoms with Gasteiger partial charge in [-0.1, -0.05) is 0 Å². The summed E-state index contributed by atoms with van der Waals surface area (Å²) in [5, 5.41) is 3.41. The summed E-state index contributed by atoms with van der Waals surface area (Å²) in [4.78, 5) is 14.8. The Kier molecular flexibility index (Phi) is 2.68. The molecule has 19 heavy (non-hydrogen) atoms. The van der Waals surface area contributed by atoms with Gasteiger partial charge in [-0.3, -0.25) is 4.79 Å². The molecule has 3 saturated heterocycles. The van der Waals surface area contributed by atoms with Crippen LogP contribution in [0.4, 0.5) is 0 Å². The van der Waals surface area contributed by atoms with E-state index in [2.05, 4.69) is 10.2 Å². The normalized spacial score (nSPS) is 40.2. The molecule has 2 atom stereocenters. The van der Waals surface area contributed by atoms with Crippen LogP contribution in [-0.4, -0.2) is 50.2 Å². The van der Waals surface area contributed by atoms with E-state index in [4.69, 9.17) is 4.74 Å². The zero-order chi connectivity index (χ0) is 12.9. The third kappa shape index (κ3) is 1.91. The lowest BCUT2D eigenvalue weighted by Crippen LogP contribution is -2.36. The van der Waals surface area contributed by atoms with Crippen molar-refractivity contribution < 1.29 is 9.53 Å². The third-order valence-electron chi connectivity index (χ3n) is 6.02. The number of carbonyl (C=O) groups is 1. The first-order valence-corrected chi connectivity index (χ1v) is 7.81. The summed E-state index contributed by atoms with van der Waals surface area (Å²) in [6.07, 6.45) is 5.85. The molecule has 1 N–H and O–H groups in total. The molecule has 0 aromatic carbocycles. The second-order valence-electron chi connectivity index (χ2n) is 7.18. The van der Waals surface area contributed by atoms with Crippen LogP contribution < -0.4 is 5.32 Å². The Morgan fingerprint density at radius 3 is 2.79 bits per heavy atom. The average molecular weight is 264 g/mol. The molecule has 2 unspecified atom stereocenters. The van der Waals surface area contributed by atoms with Crippen molar-refractivity contribution in [3.05, 3.63) is 0 Å². The van der Waals surface area contributed by atoms with Gasteiger partial charge in [0.1, 0.15) is 0 Å². The highest BCUT2D eigenvalue weighted by Crippen LogP contribution is 2.59. The topological polar surface area (TPSA) is 41.6 Å². The van der Waals surface area contributed by atoms with E-state index in [9.17, 15) is 4.79 Å². The largest absolute Gasteiger partial charge is 0.381 e. The van der Waals surface area contributed by atoms with E-state index in [0.717, 1.165) is 58.7 Å². The molecule has 2 spiro atoms. The number of rotatable bonds is 1. The van der Waals surface area contributed by atoms with E-state index in [1.54, 1.807) is 0 Å². The molecule has 3 aliphatic heterocycles. The van der Waals surface area contributed by atoms with Gasteiger partial charge in [0.05, 0.1) is 6.61 Å². The highest BCUT2D eigenvalue weighted by Gasteiger charge is 2.59. The number of likely N-dealkylation sites (tertiary alicyclic amines) is 1. The fourth-order valence-corrected chi connectivity index (χ4v) is 4.49. The number of nitrogens with one attached hydrogen (secondary N) is 1. The third-order valence-corrected chi connectivity index (χ3v) is 6.02. The SMILES string of the molecule is O=C(C1CC12CCNCC2)N1CCC2(CCOC2)C1. The van der Waals surface area contributed by atoms with Gasteiger partial charge in [0.15, 0.2) is 0 Å². The first kappa shape index (κ1) is 12.2. The van der Waals surface area contributed by atoms with Crippen molar-refractivity contribution in [2.75, 3.05) is 39.4 Å². The smallest absolute Gasteiger partial charge is 0.226 e. The van der Waals surface area contributed by atoms with Crippen LogP contribution in [0.15, 0.2) is 0 Å². The Morgan fingerprint density at radius 1 is 1.21 bits per heavy atom. The molecule has 1 saturated carbocycles. The molecule has 1 amide bonds. The lowest BCUT2D eigenvalue weighted by Gasteiger charge is -2.26. The van der Waals surface area contributed by atoms with Crippen LogP contribution in [0.2, 0.25) is 0 Å². The van der Waals surface area contributed by atoms with Gasteiger partial charge in [-0.15, -0.1) is 0 Å². The number of carbonyl (C=O) groups excluding carboxylic acids is 1. The minimum atomic E-state index is 0.311. The van der Waals surface area contributed by atoms with E-state index < -0.39 is 0 Å². The summed E-state index contributed by atoms with van der Waals surface area (Å²) >= 11 is 0. The maximum Gasteiger partial charge on any atom is 0.226 e. The van der Waals surface area contributed by atoms with Crippen LogP contribution >= 0.6 is 0 Å². The summed E-state index contributed by atoms with van der Waals surface area (Å²) in [6.45, 7) is 5.88. The van der Waals surface area contributed by atoms with Crippen LogP contribution in [0.3, 0.4) is 0 Å². The molecule has 0 bridgehead atoms. The van der Waals surface area contributed by atoms with Gasteiger partial charge >= 0.3 is 0 Å². The minimum Gasteiger partial charge on any atom is -0.381 e. The van der Waals surface area contributed by atoms with Crippen LogP contribution in [-0.2, 0) is 9.53 Å². The average Bonchev–Trinajstić information content (AvgIpc) is 2.85. The molecule has 0 aromatic heterocycles. The predicted molar refractivity (Wildman–Crippen MR) is 71.7 cm³/mol. The lowest BCUT2D eigenvalue weighted by molar-refractivity contribution is -0.133. The fourth-order valence-electron chi connectivity index (χ4n) is 4.49. The van der Waals surface area contributed by atoms with Crippen molar-refractivity contribution in [2.24, 2.45) is 16.7 Å². The number of nitrogens with zero attached hydrogens (tertiary/aromatic N) is 1. The Balaban J connectivity index is 1.40. The molecule has 1 aliphatic carbocycles. The maximum absolute atomic E-state index is 12.7. The highest BCUT2D eigenvalue weighted by atomic mass is 16.5. The minimum absolute atomic E-state index is 0.311. The van der Waals surface area contributed by atoms with Crippen LogP contribution in [0.5, 0.6) is 0 Å². The van der Waals surface area contributed by atoms with Gasteiger partial charge < -0.3 is 15.0 Å². The van der Waals surface area contributed by atoms with Crippen LogP contribution in [0.25, 0.3) is 0 Å². The molecule has 4 nitrogen and oxygen atoms in total. The van der Waals surface area contributed by atoms with Gasteiger partial charge in [0.25, 0.3) is 0 Å². The Morgan fingerprint density at radius 2 is 2.05 bits per heavy atom. The van der Waals surface area contributed by atoms with Crippen LogP contribution in [0, 0.1) is 16.7 Å². The molecule has 4 aliphatic rings. The summed E-state index contributed by atoms with van der Waals surface area (Å²) < 4.78 is 5.55. The number of piperidine rings is 1. The molecule has 3 heterocycles. The fraction of sp³-hybridized carbons (Fsp3) is 0.933. The van der Waals surface area contributed by atoms with Crippen molar-refractivity contribution in [1.29, 1.82) is 0 Å². The van der Waals surface area contributed by atoms with Gasteiger partial charge in [-0.25, -0.2) is 0 Å². The van der Waals surface area contributed by atoms with E-state index in [0.29, 0.717) is 22.7 Å². The monoisotopic (exact) mass is 264 g/mol. The number of amides is 1. The number of ether oxygens (including phenoxy) is 1. The molecule has 4 heteroatoms. The van der Waals surface area contributed by atoms with Gasteiger partial charge in [-0.05, 0) is 50.6 Å². The van der Waals surface area contributed by atoms with Gasteiger partial charge in [-0.2, -0.15) is 0 Å². The van der Waals surface area contributed by atoms with E-state index >= 15 is 0 Å². The molecule has 106 valence electrons. The van der Waals surface area contributed by atoms with Crippen molar-refractivity contribution in [3.8, 4) is 0 Å². The zero-order valence-corrected chi connectivity index (χ0v) is 11.6. The molecule has 4 rings (SSSR count). The first-order valence-electron chi connectivity index (χ1n) is 7.81. The van der Waals surface area contributed by atoms with Crippen LogP contribution in [0.1, 0.15) is 32.1 Å². The summed E-state index contributed by atoms with van der Waals surface area (Å²) in [7, 11) is 0. The molecule has 0 radical (unpaired) electrons. The molecule has 0 aromatic rings. The van der Waals surface area contributed by atoms with Crippen molar-refractivity contribution >= 4 is 5.91 Å². The first-order chi connectivity index (χ1) is 9.23. The van der Waals surface area contributed by atoms with Crippen molar-refractivity contribution in [1.82, 2.24) is 10.2 Å². The quantitative estimate of drug-likeness (QED) is 0.768.